The van der Waals surface area contributed by atoms with E-state index in [0.717, 1.165) is 12.8 Å². The van der Waals surface area contributed by atoms with Crippen LogP contribution in [0.15, 0.2) is 23.2 Å². The Morgan fingerprint density at radius 3 is 2.71 bits per heavy atom. The van der Waals surface area contributed by atoms with Gasteiger partial charge in [-0.05, 0) is 30.9 Å². The van der Waals surface area contributed by atoms with Crippen LogP contribution in [0.3, 0.4) is 0 Å². The molecule has 94 valence electrons. The molecule has 0 bridgehead atoms. The minimum absolute atomic E-state index is 0.194. The summed E-state index contributed by atoms with van der Waals surface area (Å²) in [4.78, 5) is 4.09. The maximum atomic E-state index is 12.1. The zero-order chi connectivity index (χ0) is 12.5. The standard InChI is InChI=1S/C10H16N4O2S/c1-14(7-8-2-3-8)17(15,16)9-4-5-10(13-11)12-6-9/h4-6,8H,2-3,7,11H2,1H3,(H,12,13). The average Bonchev–Trinajstić information content (AvgIpc) is 3.13. The van der Waals surface area contributed by atoms with Crippen LogP contribution < -0.4 is 11.3 Å². The van der Waals surface area contributed by atoms with Crippen molar-refractivity contribution in [1.82, 2.24) is 9.29 Å². The Morgan fingerprint density at radius 2 is 2.24 bits per heavy atom. The fourth-order valence-corrected chi connectivity index (χ4v) is 2.75. The number of nitrogens with zero attached hydrogens (tertiary/aromatic N) is 2. The van der Waals surface area contributed by atoms with Crippen molar-refractivity contribution in [2.45, 2.75) is 17.7 Å². The van der Waals surface area contributed by atoms with Gasteiger partial charge in [0.25, 0.3) is 0 Å². The van der Waals surface area contributed by atoms with Gasteiger partial charge in [-0.15, -0.1) is 0 Å². The van der Waals surface area contributed by atoms with Gasteiger partial charge in [0.2, 0.25) is 10.0 Å². The Labute approximate surface area is 101 Å². The van der Waals surface area contributed by atoms with Crippen LogP contribution in [0, 0.1) is 5.92 Å². The molecular formula is C10H16N4O2S. The molecule has 0 aliphatic heterocycles. The number of nitrogens with two attached hydrogens (primary N) is 1. The highest BCUT2D eigenvalue weighted by Crippen LogP contribution is 2.30. The van der Waals surface area contributed by atoms with Crippen LogP contribution >= 0.6 is 0 Å². The van der Waals surface area contributed by atoms with Gasteiger partial charge in [0.1, 0.15) is 10.7 Å². The minimum atomic E-state index is -3.42. The maximum absolute atomic E-state index is 12.1. The average molecular weight is 256 g/mol. The van der Waals surface area contributed by atoms with E-state index in [1.54, 1.807) is 7.05 Å². The molecule has 0 radical (unpaired) electrons. The molecule has 0 spiro atoms. The lowest BCUT2D eigenvalue weighted by Gasteiger charge is -2.16. The smallest absolute Gasteiger partial charge is 0.244 e. The molecule has 2 rings (SSSR count). The first-order chi connectivity index (χ1) is 8.04. The topological polar surface area (TPSA) is 88.3 Å². The molecule has 0 unspecified atom stereocenters. The molecule has 1 aromatic rings. The van der Waals surface area contributed by atoms with Crippen LogP contribution in [0.25, 0.3) is 0 Å². The molecule has 1 aromatic heterocycles. The fourth-order valence-electron chi connectivity index (χ4n) is 1.56. The van der Waals surface area contributed by atoms with Crippen molar-refractivity contribution in [3.05, 3.63) is 18.3 Å². The summed E-state index contributed by atoms with van der Waals surface area (Å²) in [5.74, 6) is 6.13. The number of rotatable bonds is 5. The molecule has 6 nitrogen and oxygen atoms in total. The third kappa shape index (κ3) is 2.74. The molecule has 1 heterocycles. The van der Waals surface area contributed by atoms with Gasteiger partial charge in [-0.3, -0.25) is 0 Å². The van der Waals surface area contributed by atoms with E-state index in [1.807, 2.05) is 0 Å². The number of aromatic nitrogens is 1. The second kappa shape index (κ2) is 4.59. The third-order valence-electron chi connectivity index (χ3n) is 2.80. The lowest BCUT2D eigenvalue weighted by molar-refractivity contribution is 0.452. The highest BCUT2D eigenvalue weighted by Gasteiger charge is 2.29. The Bertz CT molecular complexity index is 482. The number of anilines is 1. The summed E-state index contributed by atoms with van der Waals surface area (Å²) in [5.41, 5.74) is 2.36. The Hall–Kier alpha value is -1.18. The van der Waals surface area contributed by atoms with Crippen LogP contribution in [0.2, 0.25) is 0 Å². The maximum Gasteiger partial charge on any atom is 0.244 e. The van der Waals surface area contributed by atoms with Crippen LogP contribution in [0.1, 0.15) is 12.8 Å². The molecule has 1 aliphatic rings. The lowest BCUT2D eigenvalue weighted by Crippen LogP contribution is -2.29. The summed E-state index contributed by atoms with van der Waals surface area (Å²) in [7, 11) is -1.82. The van der Waals surface area contributed by atoms with Gasteiger partial charge in [0.05, 0.1) is 0 Å². The summed E-state index contributed by atoms with van der Waals surface area (Å²) in [6, 6.07) is 3.04. The second-order valence-electron chi connectivity index (χ2n) is 4.25. The highest BCUT2D eigenvalue weighted by molar-refractivity contribution is 7.89. The van der Waals surface area contributed by atoms with Gasteiger partial charge in [-0.25, -0.2) is 23.5 Å². The number of hydrogen-bond acceptors (Lipinski definition) is 5. The number of hydrazine groups is 1. The summed E-state index contributed by atoms with van der Waals surface area (Å²) in [5, 5.41) is 0. The first-order valence-corrected chi connectivity index (χ1v) is 6.87. The molecule has 0 atom stereocenters. The van der Waals surface area contributed by atoms with Crippen molar-refractivity contribution in [2.24, 2.45) is 11.8 Å². The number of pyridine rings is 1. The van der Waals surface area contributed by atoms with Crippen LogP contribution in [-0.4, -0.2) is 31.3 Å². The van der Waals surface area contributed by atoms with E-state index in [-0.39, 0.29) is 4.90 Å². The molecule has 1 fully saturated rings. The zero-order valence-electron chi connectivity index (χ0n) is 9.63. The Kier molecular flexibility index (Phi) is 3.32. The van der Waals surface area contributed by atoms with E-state index in [9.17, 15) is 8.42 Å². The van der Waals surface area contributed by atoms with E-state index in [1.165, 1.54) is 22.6 Å². The van der Waals surface area contributed by atoms with Gasteiger partial charge < -0.3 is 5.43 Å². The van der Waals surface area contributed by atoms with Crippen molar-refractivity contribution in [2.75, 3.05) is 19.0 Å². The van der Waals surface area contributed by atoms with E-state index in [0.29, 0.717) is 18.3 Å². The molecular weight excluding hydrogens is 240 g/mol. The SMILES string of the molecule is CN(CC1CC1)S(=O)(=O)c1ccc(NN)nc1. The first-order valence-electron chi connectivity index (χ1n) is 5.43. The molecule has 3 N–H and O–H groups in total. The van der Waals surface area contributed by atoms with Crippen molar-refractivity contribution in [1.29, 1.82) is 0 Å². The zero-order valence-corrected chi connectivity index (χ0v) is 10.4. The normalized spacial score (nSPS) is 16.2. The number of hydrogen-bond donors (Lipinski definition) is 2. The van der Waals surface area contributed by atoms with E-state index >= 15 is 0 Å². The van der Waals surface area contributed by atoms with Gasteiger partial charge in [0.15, 0.2) is 0 Å². The van der Waals surface area contributed by atoms with Crippen molar-refractivity contribution in [3.8, 4) is 0 Å². The number of nitrogens with one attached hydrogen (secondary N) is 1. The number of nitrogen functional groups attached to an aromatic ring is 1. The van der Waals surface area contributed by atoms with Crippen molar-refractivity contribution >= 4 is 15.8 Å². The Balaban J connectivity index is 2.17. The highest BCUT2D eigenvalue weighted by atomic mass is 32.2. The van der Waals surface area contributed by atoms with Gasteiger partial charge in [-0.1, -0.05) is 0 Å². The van der Waals surface area contributed by atoms with E-state index in [4.69, 9.17) is 5.84 Å². The predicted molar refractivity (Wildman–Crippen MR) is 64.6 cm³/mol. The minimum Gasteiger partial charge on any atom is -0.308 e. The molecule has 1 saturated carbocycles. The fraction of sp³-hybridized carbons (Fsp3) is 0.500. The number of sulfonamides is 1. The summed E-state index contributed by atoms with van der Waals surface area (Å²) >= 11 is 0. The third-order valence-corrected chi connectivity index (χ3v) is 4.61. The van der Waals surface area contributed by atoms with Crippen LogP contribution in [-0.2, 0) is 10.0 Å². The van der Waals surface area contributed by atoms with Crippen LogP contribution in [0.4, 0.5) is 5.82 Å². The van der Waals surface area contributed by atoms with Crippen molar-refractivity contribution in [3.63, 3.8) is 0 Å². The molecule has 0 saturated heterocycles. The predicted octanol–water partition coefficient (Wildman–Crippen LogP) is 0.398. The van der Waals surface area contributed by atoms with E-state index < -0.39 is 10.0 Å². The van der Waals surface area contributed by atoms with Gasteiger partial charge >= 0.3 is 0 Å². The van der Waals surface area contributed by atoms with Gasteiger partial charge in [0, 0.05) is 19.8 Å². The summed E-state index contributed by atoms with van der Waals surface area (Å²) in [6.07, 6.45) is 3.55. The van der Waals surface area contributed by atoms with E-state index in [2.05, 4.69) is 10.4 Å². The van der Waals surface area contributed by atoms with Crippen molar-refractivity contribution < 1.29 is 8.42 Å². The first kappa shape index (κ1) is 12.3. The summed E-state index contributed by atoms with van der Waals surface area (Å²) < 4.78 is 25.6. The second-order valence-corrected chi connectivity index (χ2v) is 6.30. The molecule has 1 aliphatic carbocycles. The quantitative estimate of drug-likeness (QED) is 0.588. The Morgan fingerprint density at radius 1 is 1.53 bits per heavy atom. The van der Waals surface area contributed by atoms with Gasteiger partial charge in [-0.2, -0.15) is 0 Å². The monoisotopic (exact) mass is 256 g/mol. The summed E-state index contributed by atoms with van der Waals surface area (Å²) in [6.45, 7) is 0.583. The largest absolute Gasteiger partial charge is 0.308 e. The molecule has 0 amide bonds. The molecule has 0 aromatic carbocycles. The lowest BCUT2D eigenvalue weighted by atomic mass is 10.4. The molecule has 7 heteroatoms. The molecule has 17 heavy (non-hydrogen) atoms. The van der Waals surface area contributed by atoms with Crippen LogP contribution in [0.5, 0.6) is 0 Å².